The Balaban J connectivity index is 0.000000845. The summed E-state index contributed by atoms with van der Waals surface area (Å²) in [5.41, 5.74) is 0. The molecule has 0 radical (unpaired) electrons. The van der Waals surface area contributed by atoms with E-state index in [1.54, 1.807) is 0 Å². The van der Waals surface area contributed by atoms with Crippen LogP contribution in [0.1, 0.15) is 32.1 Å². The van der Waals surface area contributed by atoms with E-state index >= 15 is 0 Å². The van der Waals surface area contributed by atoms with Gasteiger partial charge in [0, 0.05) is 6.04 Å². The second kappa shape index (κ2) is 6.93. The molecule has 13 heavy (non-hydrogen) atoms. The predicted molar refractivity (Wildman–Crippen MR) is 51.5 cm³/mol. The van der Waals surface area contributed by atoms with E-state index in [1.165, 1.54) is 45.2 Å². The normalized spacial score (nSPS) is 26.8. The first-order valence-corrected chi connectivity index (χ1v) is 5.34. The molecule has 0 unspecified atom stereocenters. The number of nitrogens with zero attached hydrogens (tertiary/aromatic N) is 2. The second-order valence-corrected chi connectivity index (χ2v) is 4.00. The van der Waals surface area contributed by atoms with Crippen LogP contribution in [-0.4, -0.2) is 37.1 Å². The molecule has 0 aliphatic carbocycles. The smallest absolute Gasteiger partial charge is 0.662 e. The third-order valence-corrected chi connectivity index (χ3v) is 3.15. The minimum atomic E-state index is 0. The van der Waals surface area contributed by atoms with Gasteiger partial charge in [-0.3, -0.25) is 0 Å². The molecule has 0 spiro atoms. The molecule has 3 heteroatoms. The summed E-state index contributed by atoms with van der Waals surface area (Å²) < 4.78 is 0. The molecular weight excluding hydrogens is 187 g/mol. The molecule has 0 aromatic heterocycles. The summed E-state index contributed by atoms with van der Waals surface area (Å²) in [6.45, 7) is 4.93. The minimum absolute atomic E-state index is 0. The Morgan fingerprint density at radius 2 is 1.54 bits per heavy atom. The molecule has 70 valence electrons. The third-order valence-electron chi connectivity index (χ3n) is 3.15. The Kier molecular flexibility index (Phi) is 6.73. The molecular formula is C10H19KN2. The second-order valence-electron chi connectivity index (χ2n) is 4.00. The summed E-state index contributed by atoms with van der Waals surface area (Å²) >= 11 is 0. The average Bonchev–Trinajstić information content (AvgIpc) is 2.21. The Bertz CT molecular complexity index is 113. The maximum atomic E-state index is 4.40. The van der Waals surface area contributed by atoms with Crippen molar-refractivity contribution >= 4 is 0 Å². The van der Waals surface area contributed by atoms with Crippen LogP contribution in [0.2, 0.25) is 0 Å². The summed E-state index contributed by atoms with van der Waals surface area (Å²) in [4.78, 5) is 2.69. The summed E-state index contributed by atoms with van der Waals surface area (Å²) in [5, 5.41) is 4.40. The van der Waals surface area contributed by atoms with Gasteiger partial charge in [-0.1, -0.05) is 19.3 Å². The summed E-state index contributed by atoms with van der Waals surface area (Å²) in [7, 11) is 0. The number of likely N-dealkylation sites (tertiary alicyclic amines) is 1. The molecule has 2 aliphatic rings. The van der Waals surface area contributed by atoms with Crippen molar-refractivity contribution < 1.29 is 51.4 Å². The van der Waals surface area contributed by atoms with Crippen LogP contribution >= 0.6 is 0 Å². The predicted octanol–water partition coefficient (Wildman–Crippen LogP) is -0.988. The van der Waals surface area contributed by atoms with E-state index in [0.717, 1.165) is 19.1 Å². The van der Waals surface area contributed by atoms with Gasteiger partial charge in [-0.05, 0) is 25.9 Å². The van der Waals surface area contributed by atoms with E-state index < -0.39 is 0 Å². The molecule has 0 amide bonds. The van der Waals surface area contributed by atoms with Crippen LogP contribution in [0.5, 0.6) is 0 Å². The zero-order valence-electron chi connectivity index (χ0n) is 8.84. The Labute approximate surface area is 124 Å². The van der Waals surface area contributed by atoms with E-state index in [9.17, 15) is 0 Å². The van der Waals surface area contributed by atoms with Crippen LogP contribution in [0.4, 0.5) is 0 Å². The van der Waals surface area contributed by atoms with Crippen LogP contribution in [0.25, 0.3) is 5.32 Å². The molecule has 2 rings (SSSR count). The van der Waals surface area contributed by atoms with Crippen LogP contribution < -0.4 is 51.4 Å². The summed E-state index contributed by atoms with van der Waals surface area (Å²) in [5.74, 6) is 0. The molecule has 0 N–H and O–H groups in total. The third kappa shape index (κ3) is 3.90. The molecule has 2 heterocycles. The maximum Gasteiger partial charge on any atom is 1.00 e. The van der Waals surface area contributed by atoms with Gasteiger partial charge in [0.25, 0.3) is 0 Å². The fraction of sp³-hybridized carbons (Fsp3) is 1.00. The van der Waals surface area contributed by atoms with E-state index in [4.69, 9.17) is 0 Å². The molecule has 0 bridgehead atoms. The maximum absolute atomic E-state index is 4.40. The van der Waals surface area contributed by atoms with Gasteiger partial charge >= 0.3 is 51.4 Å². The van der Waals surface area contributed by atoms with Gasteiger partial charge in [0.15, 0.2) is 0 Å². The number of hydrogen-bond donors (Lipinski definition) is 0. The van der Waals surface area contributed by atoms with Gasteiger partial charge < -0.3 is 10.2 Å². The van der Waals surface area contributed by atoms with Crippen molar-refractivity contribution in [2.45, 2.75) is 38.1 Å². The zero-order valence-corrected chi connectivity index (χ0v) is 12.0. The first-order valence-electron chi connectivity index (χ1n) is 5.34. The molecule has 2 nitrogen and oxygen atoms in total. The van der Waals surface area contributed by atoms with Crippen LogP contribution in [0.3, 0.4) is 0 Å². The Morgan fingerprint density at radius 1 is 0.923 bits per heavy atom. The molecule has 0 aromatic carbocycles. The molecule has 2 fully saturated rings. The van der Waals surface area contributed by atoms with Gasteiger partial charge in [-0.15, -0.1) is 13.1 Å². The number of piperidine rings is 2. The van der Waals surface area contributed by atoms with Gasteiger partial charge in [-0.25, -0.2) is 0 Å². The van der Waals surface area contributed by atoms with Gasteiger partial charge in [0.05, 0.1) is 0 Å². The van der Waals surface area contributed by atoms with Crippen molar-refractivity contribution in [3.63, 3.8) is 0 Å². The Morgan fingerprint density at radius 3 is 2.15 bits per heavy atom. The molecule has 2 saturated heterocycles. The molecule has 2 aliphatic heterocycles. The standard InChI is InChI=1S/C10H19N2.K/c1-2-8-12(9-3-1)10-4-6-11-7-5-10;/h10H,1-9H2;/q-1;+1. The molecule has 0 saturated carbocycles. The first-order chi connectivity index (χ1) is 5.97. The zero-order chi connectivity index (χ0) is 8.23. The van der Waals surface area contributed by atoms with Gasteiger partial charge in [0.1, 0.15) is 0 Å². The average molecular weight is 206 g/mol. The van der Waals surface area contributed by atoms with Crippen LogP contribution in [0, 0.1) is 0 Å². The van der Waals surface area contributed by atoms with E-state index in [1.807, 2.05) is 0 Å². The van der Waals surface area contributed by atoms with Crippen molar-refractivity contribution in [2.75, 3.05) is 26.2 Å². The monoisotopic (exact) mass is 206 g/mol. The van der Waals surface area contributed by atoms with Crippen LogP contribution in [-0.2, 0) is 0 Å². The summed E-state index contributed by atoms with van der Waals surface area (Å²) in [6, 6.07) is 0.878. The van der Waals surface area contributed by atoms with Crippen molar-refractivity contribution in [3.8, 4) is 0 Å². The van der Waals surface area contributed by atoms with E-state index in [2.05, 4.69) is 10.2 Å². The van der Waals surface area contributed by atoms with Crippen molar-refractivity contribution in [1.82, 2.24) is 4.90 Å². The molecule has 0 atom stereocenters. The number of rotatable bonds is 1. The number of hydrogen-bond acceptors (Lipinski definition) is 1. The van der Waals surface area contributed by atoms with Crippen LogP contribution in [0.15, 0.2) is 0 Å². The summed E-state index contributed by atoms with van der Waals surface area (Å²) in [6.07, 6.45) is 6.94. The van der Waals surface area contributed by atoms with Crippen molar-refractivity contribution in [2.24, 2.45) is 0 Å². The first kappa shape index (κ1) is 12.6. The largest absolute Gasteiger partial charge is 1.00 e. The fourth-order valence-electron chi connectivity index (χ4n) is 2.39. The fourth-order valence-corrected chi connectivity index (χ4v) is 2.39. The quantitative estimate of drug-likeness (QED) is 0.504. The minimum Gasteiger partial charge on any atom is -0.662 e. The van der Waals surface area contributed by atoms with Crippen molar-refractivity contribution in [1.29, 1.82) is 0 Å². The van der Waals surface area contributed by atoms with E-state index in [0.29, 0.717) is 0 Å². The Hall–Kier alpha value is 1.56. The van der Waals surface area contributed by atoms with Gasteiger partial charge in [-0.2, -0.15) is 0 Å². The molecule has 0 aromatic rings. The SMILES string of the molecule is C1CCN(C2CC[N-]CC2)CC1.[K+]. The van der Waals surface area contributed by atoms with Gasteiger partial charge in [0.2, 0.25) is 0 Å². The van der Waals surface area contributed by atoms with E-state index in [-0.39, 0.29) is 51.4 Å². The topological polar surface area (TPSA) is 17.3 Å². The van der Waals surface area contributed by atoms with Crippen molar-refractivity contribution in [3.05, 3.63) is 5.32 Å².